The first kappa shape index (κ1) is 22.9. The van der Waals surface area contributed by atoms with Crippen LogP contribution in [0.4, 0.5) is 18.9 Å². The fraction of sp³-hybridized carbons (Fsp3) is 0.292. The van der Waals surface area contributed by atoms with Gasteiger partial charge in [0.2, 0.25) is 0 Å². The number of nitrogens with one attached hydrogen (secondary N) is 1. The van der Waals surface area contributed by atoms with E-state index >= 15 is 0 Å². The van der Waals surface area contributed by atoms with Gasteiger partial charge < -0.3 is 16.2 Å². The minimum absolute atomic E-state index is 0.00826. The molecule has 0 radical (unpaired) electrons. The highest BCUT2D eigenvalue weighted by Gasteiger charge is 2.29. The van der Waals surface area contributed by atoms with Crippen molar-refractivity contribution in [2.75, 3.05) is 5.32 Å². The largest absolute Gasteiger partial charge is 0.392 e. The van der Waals surface area contributed by atoms with E-state index in [1.165, 1.54) is 19.2 Å². The lowest BCUT2D eigenvalue weighted by atomic mass is 9.80. The summed E-state index contributed by atoms with van der Waals surface area (Å²) >= 11 is 0. The van der Waals surface area contributed by atoms with Crippen LogP contribution in [0.3, 0.4) is 0 Å². The fourth-order valence-corrected chi connectivity index (χ4v) is 4.14. The Hall–Kier alpha value is -3.30. The number of amides is 1. The second-order valence-electron chi connectivity index (χ2n) is 8.24. The molecule has 0 spiro atoms. The molecule has 1 saturated carbocycles. The van der Waals surface area contributed by atoms with Crippen LogP contribution < -0.4 is 11.1 Å². The number of aliphatic hydroxyl groups is 1. The maximum absolute atomic E-state index is 14.5. The molecule has 33 heavy (non-hydrogen) atoms. The van der Waals surface area contributed by atoms with E-state index in [1.807, 2.05) is 0 Å². The standard InChI is InChI=1S/C24H23F3N4O2/c1-12-2-4-15(25)21(22(12)27)23-16(26)5-6-18(30-23)24(33)31-19-11-29-9-8-14(19)13-3-7-20(32)17(28)10-13/h2,4-6,8-9,11,13,17,20,32H,3,7,10,28H2,1H3,(H,31,33)/t13-,17-,20+/m1/s1. The summed E-state index contributed by atoms with van der Waals surface area (Å²) in [6, 6.07) is 5.75. The molecule has 1 aromatic carbocycles. The van der Waals surface area contributed by atoms with Gasteiger partial charge in [0, 0.05) is 12.2 Å². The van der Waals surface area contributed by atoms with E-state index in [0.29, 0.717) is 24.9 Å². The van der Waals surface area contributed by atoms with Crippen molar-refractivity contribution < 1.29 is 23.1 Å². The van der Waals surface area contributed by atoms with Crippen molar-refractivity contribution in [3.05, 3.63) is 77.0 Å². The molecule has 172 valence electrons. The van der Waals surface area contributed by atoms with Crippen LogP contribution in [0.15, 0.2) is 42.7 Å². The van der Waals surface area contributed by atoms with Gasteiger partial charge >= 0.3 is 0 Å². The third-order valence-corrected chi connectivity index (χ3v) is 6.00. The number of carbonyl (C=O) groups is 1. The number of aliphatic hydroxyl groups excluding tert-OH is 1. The molecule has 1 fully saturated rings. The molecule has 6 nitrogen and oxygen atoms in total. The number of hydrogen-bond donors (Lipinski definition) is 3. The molecule has 9 heteroatoms. The van der Waals surface area contributed by atoms with E-state index in [2.05, 4.69) is 15.3 Å². The lowest BCUT2D eigenvalue weighted by molar-refractivity contribution is 0.0998. The van der Waals surface area contributed by atoms with Gasteiger partial charge in [0.1, 0.15) is 28.8 Å². The molecular weight excluding hydrogens is 433 g/mol. The first-order chi connectivity index (χ1) is 15.8. The van der Waals surface area contributed by atoms with Crippen LogP contribution in [-0.2, 0) is 0 Å². The lowest BCUT2D eigenvalue weighted by Crippen LogP contribution is -2.39. The summed E-state index contributed by atoms with van der Waals surface area (Å²) in [6.07, 6.45) is 4.28. The molecule has 0 saturated heterocycles. The Kier molecular flexibility index (Phi) is 6.44. The van der Waals surface area contributed by atoms with Gasteiger partial charge in [-0.3, -0.25) is 9.78 Å². The molecule has 3 atom stereocenters. The van der Waals surface area contributed by atoms with Crippen molar-refractivity contribution in [1.82, 2.24) is 9.97 Å². The summed E-state index contributed by atoms with van der Waals surface area (Å²) in [7, 11) is 0. The number of pyridine rings is 2. The number of rotatable bonds is 4. The Morgan fingerprint density at radius 2 is 1.88 bits per heavy atom. The number of nitrogens with zero attached hydrogens (tertiary/aromatic N) is 2. The van der Waals surface area contributed by atoms with Crippen LogP contribution in [-0.4, -0.2) is 33.1 Å². The van der Waals surface area contributed by atoms with Crippen LogP contribution in [0.2, 0.25) is 0 Å². The van der Waals surface area contributed by atoms with Crippen molar-refractivity contribution in [3.63, 3.8) is 0 Å². The van der Waals surface area contributed by atoms with E-state index in [9.17, 15) is 23.1 Å². The number of aromatic nitrogens is 2. The summed E-state index contributed by atoms with van der Waals surface area (Å²) < 4.78 is 43.3. The van der Waals surface area contributed by atoms with Crippen LogP contribution in [0.5, 0.6) is 0 Å². The van der Waals surface area contributed by atoms with E-state index in [1.54, 1.807) is 12.3 Å². The molecule has 4 N–H and O–H groups in total. The van der Waals surface area contributed by atoms with Gasteiger partial charge in [0.15, 0.2) is 0 Å². The summed E-state index contributed by atoms with van der Waals surface area (Å²) in [5.41, 5.74) is 5.94. The van der Waals surface area contributed by atoms with Crippen LogP contribution >= 0.6 is 0 Å². The van der Waals surface area contributed by atoms with Crippen molar-refractivity contribution >= 4 is 11.6 Å². The molecule has 1 aliphatic rings. The Morgan fingerprint density at radius 3 is 2.64 bits per heavy atom. The van der Waals surface area contributed by atoms with Crippen molar-refractivity contribution in [3.8, 4) is 11.3 Å². The maximum atomic E-state index is 14.5. The molecule has 3 aromatic rings. The number of halogens is 3. The second kappa shape index (κ2) is 9.29. The maximum Gasteiger partial charge on any atom is 0.274 e. The third-order valence-electron chi connectivity index (χ3n) is 6.00. The van der Waals surface area contributed by atoms with Crippen molar-refractivity contribution in [2.45, 2.75) is 44.2 Å². The number of hydrogen-bond acceptors (Lipinski definition) is 5. The third kappa shape index (κ3) is 4.60. The Balaban J connectivity index is 1.64. The van der Waals surface area contributed by atoms with E-state index in [4.69, 9.17) is 5.73 Å². The zero-order valence-electron chi connectivity index (χ0n) is 17.9. The zero-order chi connectivity index (χ0) is 23.7. The van der Waals surface area contributed by atoms with Crippen LogP contribution in [0.25, 0.3) is 11.3 Å². The average molecular weight is 456 g/mol. The highest BCUT2D eigenvalue weighted by Crippen LogP contribution is 2.36. The molecule has 1 aliphatic carbocycles. The van der Waals surface area contributed by atoms with E-state index in [-0.39, 0.29) is 23.2 Å². The summed E-state index contributed by atoms with van der Waals surface area (Å²) in [5, 5.41) is 12.6. The molecule has 4 rings (SSSR count). The predicted octanol–water partition coefficient (Wildman–Crippen LogP) is 4.08. The number of anilines is 1. The molecule has 2 heterocycles. The molecule has 0 unspecified atom stereocenters. The minimum atomic E-state index is -0.979. The molecule has 0 bridgehead atoms. The topological polar surface area (TPSA) is 101 Å². The van der Waals surface area contributed by atoms with Gasteiger partial charge in [-0.2, -0.15) is 0 Å². The molecule has 0 aliphatic heterocycles. The summed E-state index contributed by atoms with van der Waals surface area (Å²) in [5.74, 6) is -3.54. The second-order valence-corrected chi connectivity index (χ2v) is 8.24. The first-order valence-electron chi connectivity index (χ1n) is 10.6. The van der Waals surface area contributed by atoms with Gasteiger partial charge in [-0.05, 0) is 67.5 Å². The predicted molar refractivity (Wildman–Crippen MR) is 117 cm³/mol. The van der Waals surface area contributed by atoms with Crippen molar-refractivity contribution in [2.24, 2.45) is 5.73 Å². The SMILES string of the molecule is Cc1ccc(F)c(-c2nc(C(=O)Nc3cnccc3[C@@H]3CC[C@H](O)[C@H](N)C3)ccc2F)c1F. The van der Waals surface area contributed by atoms with Gasteiger partial charge in [0.05, 0.1) is 23.6 Å². The van der Waals surface area contributed by atoms with Crippen molar-refractivity contribution in [1.29, 1.82) is 0 Å². The van der Waals surface area contributed by atoms with Crippen LogP contribution in [0, 0.1) is 24.4 Å². The minimum Gasteiger partial charge on any atom is -0.392 e. The monoisotopic (exact) mass is 456 g/mol. The quantitative estimate of drug-likeness (QED) is 0.549. The van der Waals surface area contributed by atoms with Gasteiger partial charge in [-0.1, -0.05) is 6.07 Å². The molecular formula is C24H23F3N4O2. The zero-order valence-corrected chi connectivity index (χ0v) is 17.9. The average Bonchev–Trinajstić information content (AvgIpc) is 2.80. The Bertz CT molecular complexity index is 1200. The van der Waals surface area contributed by atoms with E-state index < -0.39 is 40.7 Å². The summed E-state index contributed by atoms with van der Waals surface area (Å²) in [6.45, 7) is 1.42. The first-order valence-corrected chi connectivity index (χ1v) is 10.6. The number of aryl methyl sites for hydroxylation is 1. The van der Waals surface area contributed by atoms with Crippen LogP contribution in [0.1, 0.15) is 46.8 Å². The highest BCUT2D eigenvalue weighted by atomic mass is 19.1. The van der Waals surface area contributed by atoms with Gasteiger partial charge in [-0.25, -0.2) is 18.2 Å². The fourth-order valence-electron chi connectivity index (χ4n) is 4.14. The Labute approximate surface area is 188 Å². The summed E-state index contributed by atoms with van der Waals surface area (Å²) in [4.78, 5) is 20.9. The van der Waals surface area contributed by atoms with Gasteiger partial charge in [-0.15, -0.1) is 0 Å². The highest BCUT2D eigenvalue weighted by molar-refractivity contribution is 6.03. The number of nitrogens with two attached hydrogens (primary N) is 1. The normalized spacial score (nSPS) is 20.5. The Morgan fingerprint density at radius 1 is 1.12 bits per heavy atom. The number of benzene rings is 1. The molecule has 2 aromatic heterocycles. The van der Waals surface area contributed by atoms with E-state index in [0.717, 1.165) is 23.8 Å². The lowest BCUT2D eigenvalue weighted by Gasteiger charge is -2.32. The van der Waals surface area contributed by atoms with Gasteiger partial charge in [0.25, 0.3) is 5.91 Å². The molecule has 1 amide bonds. The smallest absolute Gasteiger partial charge is 0.274 e. The number of carbonyl (C=O) groups excluding carboxylic acids is 1.